The van der Waals surface area contributed by atoms with Gasteiger partial charge in [0.25, 0.3) is 5.91 Å². The number of nitrogens with one attached hydrogen (secondary N) is 1. The van der Waals surface area contributed by atoms with Crippen molar-refractivity contribution >= 4 is 11.7 Å². The molecule has 0 aliphatic carbocycles. The topological polar surface area (TPSA) is 67.2 Å². The fourth-order valence-electron chi connectivity index (χ4n) is 1.56. The average molecular weight is 255 g/mol. The normalized spacial score (nSPS) is 9.58. The highest BCUT2D eigenvalue weighted by Gasteiger charge is 2.08. The molecule has 0 bridgehead atoms. The first-order valence-electron chi connectivity index (χ1n) is 5.70. The summed E-state index contributed by atoms with van der Waals surface area (Å²) >= 11 is 0. The van der Waals surface area contributed by atoms with E-state index in [9.17, 15) is 4.79 Å². The molecule has 0 saturated carbocycles. The van der Waals surface area contributed by atoms with Crippen molar-refractivity contribution in [3.63, 3.8) is 0 Å². The summed E-state index contributed by atoms with van der Waals surface area (Å²) in [5.41, 5.74) is 1.19. The third-order valence-corrected chi connectivity index (χ3v) is 2.50. The van der Waals surface area contributed by atoms with Gasteiger partial charge in [0, 0.05) is 24.2 Å². The molecule has 0 atom stereocenters. The van der Waals surface area contributed by atoms with Gasteiger partial charge in [-0.3, -0.25) is 9.48 Å². The molecule has 1 heterocycles. The maximum absolute atomic E-state index is 12.0. The number of benzene rings is 1. The van der Waals surface area contributed by atoms with E-state index in [2.05, 4.69) is 22.3 Å². The van der Waals surface area contributed by atoms with E-state index in [1.54, 1.807) is 48.3 Å². The maximum atomic E-state index is 12.0. The third-order valence-electron chi connectivity index (χ3n) is 2.50. The Balaban J connectivity index is 2.17. The second kappa shape index (κ2) is 5.85. The van der Waals surface area contributed by atoms with Crippen molar-refractivity contribution in [2.24, 2.45) is 7.05 Å². The van der Waals surface area contributed by atoms with Gasteiger partial charge in [-0.1, -0.05) is 17.9 Å². The van der Waals surface area contributed by atoms with Gasteiger partial charge in [-0.2, -0.15) is 5.10 Å². The van der Waals surface area contributed by atoms with Crippen molar-refractivity contribution < 1.29 is 9.90 Å². The number of nitrogens with zero attached hydrogens (tertiary/aromatic N) is 2. The second-order valence-electron chi connectivity index (χ2n) is 3.83. The molecular formula is C14H13N3O2. The van der Waals surface area contributed by atoms with E-state index in [0.717, 1.165) is 0 Å². The zero-order valence-electron chi connectivity index (χ0n) is 10.4. The summed E-state index contributed by atoms with van der Waals surface area (Å²) in [7, 11) is 1.75. The highest BCUT2D eigenvalue weighted by Crippen LogP contribution is 2.09. The summed E-state index contributed by atoms with van der Waals surface area (Å²) in [4.78, 5) is 12.0. The zero-order chi connectivity index (χ0) is 13.7. The number of hydrogen-bond donors (Lipinski definition) is 2. The lowest BCUT2D eigenvalue weighted by Crippen LogP contribution is -2.14. The van der Waals surface area contributed by atoms with E-state index in [0.29, 0.717) is 16.9 Å². The van der Waals surface area contributed by atoms with Crippen LogP contribution in [0.4, 0.5) is 5.82 Å². The van der Waals surface area contributed by atoms with Gasteiger partial charge in [-0.25, -0.2) is 0 Å². The van der Waals surface area contributed by atoms with Gasteiger partial charge in [0.15, 0.2) is 0 Å². The van der Waals surface area contributed by atoms with Crippen LogP contribution in [0.1, 0.15) is 15.9 Å². The van der Waals surface area contributed by atoms with Crippen molar-refractivity contribution in [3.8, 4) is 11.8 Å². The van der Waals surface area contributed by atoms with E-state index in [1.165, 1.54) is 0 Å². The van der Waals surface area contributed by atoms with Gasteiger partial charge in [-0.05, 0) is 18.2 Å². The van der Waals surface area contributed by atoms with Crippen LogP contribution in [0.3, 0.4) is 0 Å². The Morgan fingerprint density at radius 2 is 2.32 bits per heavy atom. The molecule has 0 fully saturated rings. The first kappa shape index (κ1) is 12.9. The number of hydrogen-bond acceptors (Lipinski definition) is 3. The molecule has 0 radical (unpaired) electrons. The summed E-state index contributed by atoms with van der Waals surface area (Å²) in [6.07, 6.45) is 1.61. The standard InChI is InChI=1S/C14H13N3O2/c1-17-13(7-8-15-17)16-14(19)12-6-2-4-11(10-12)5-3-9-18/h2,4,6-8,10,18H,9H2,1H3,(H,16,19). The van der Waals surface area contributed by atoms with Crippen LogP contribution >= 0.6 is 0 Å². The molecule has 0 unspecified atom stereocenters. The van der Waals surface area contributed by atoms with Gasteiger partial charge in [0.2, 0.25) is 0 Å². The number of rotatable bonds is 2. The lowest BCUT2D eigenvalue weighted by molar-refractivity contribution is 0.102. The van der Waals surface area contributed by atoms with E-state index >= 15 is 0 Å². The molecular weight excluding hydrogens is 242 g/mol. The summed E-state index contributed by atoms with van der Waals surface area (Å²) in [5.74, 6) is 5.70. The zero-order valence-corrected chi connectivity index (χ0v) is 10.4. The van der Waals surface area contributed by atoms with Gasteiger partial charge in [0.05, 0.1) is 6.20 Å². The largest absolute Gasteiger partial charge is 0.384 e. The Morgan fingerprint density at radius 3 is 3.00 bits per heavy atom. The van der Waals surface area contributed by atoms with Crippen molar-refractivity contribution in [2.75, 3.05) is 11.9 Å². The van der Waals surface area contributed by atoms with Gasteiger partial charge < -0.3 is 10.4 Å². The summed E-state index contributed by atoms with van der Waals surface area (Å²) in [6, 6.07) is 8.63. The van der Waals surface area contributed by atoms with Crippen LogP contribution in [0.15, 0.2) is 36.5 Å². The molecule has 0 spiro atoms. The van der Waals surface area contributed by atoms with Crippen LogP contribution in [0.5, 0.6) is 0 Å². The van der Waals surface area contributed by atoms with Crippen molar-refractivity contribution in [3.05, 3.63) is 47.7 Å². The second-order valence-corrected chi connectivity index (χ2v) is 3.83. The average Bonchev–Trinajstić information content (AvgIpc) is 2.82. The minimum Gasteiger partial charge on any atom is -0.384 e. The number of aromatic nitrogens is 2. The molecule has 1 aromatic carbocycles. The fraction of sp³-hybridized carbons (Fsp3) is 0.143. The number of aliphatic hydroxyl groups is 1. The first-order chi connectivity index (χ1) is 9.20. The van der Waals surface area contributed by atoms with Crippen LogP contribution < -0.4 is 5.32 Å². The van der Waals surface area contributed by atoms with Crippen LogP contribution in [0, 0.1) is 11.8 Å². The monoisotopic (exact) mass is 255 g/mol. The number of aryl methyl sites for hydroxylation is 1. The quantitative estimate of drug-likeness (QED) is 0.787. The van der Waals surface area contributed by atoms with Crippen LogP contribution in [0.2, 0.25) is 0 Å². The molecule has 96 valence electrons. The number of anilines is 1. The van der Waals surface area contributed by atoms with E-state index in [4.69, 9.17) is 5.11 Å². The maximum Gasteiger partial charge on any atom is 0.256 e. The van der Waals surface area contributed by atoms with Crippen molar-refractivity contribution in [2.45, 2.75) is 0 Å². The third kappa shape index (κ3) is 3.21. The molecule has 5 nitrogen and oxygen atoms in total. The van der Waals surface area contributed by atoms with Crippen LogP contribution in [-0.4, -0.2) is 27.4 Å². The van der Waals surface area contributed by atoms with E-state index in [1.807, 2.05) is 0 Å². The minimum atomic E-state index is -0.226. The van der Waals surface area contributed by atoms with Crippen LogP contribution in [-0.2, 0) is 7.05 Å². The Labute approximate surface area is 110 Å². The molecule has 1 amide bonds. The Kier molecular flexibility index (Phi) is 3.96. The Morgan fingerprint density at radius 1 is 1.47 bits per heavy atom. The summed E-state index contributed by atoms with van der Waals surface area (Å²) in [5, 5.41) is 15.4. The fourth-order valence-corrected chi connectivity index (χ4v) is 1.56. The van der Waals surface area contributed by atoms with Crippen LogP contribution in [0.25, 0.3) is 0 Å². The first-order valence-corrected chi connectivity index (χ1v) is 5.70. The molecule has 1 aromatic heterocycles. The molecule has 2 rings (SSSR count). The van der Waals surface area contributed by atoms with Gasteiger partial charge in [-0.15, -0.1) is 0 Å². The lowest BCUT2D eigenvalue weighted by atomic mass is 10.1. The molecule has 2 aromatic rings. The Hall–Kier alpha value is -2.58. The summed E-state index contributed by atoms with van der Waals surface area (Å²) in [6.45, 7) is -0.203. The van der Waals surface area contributed by atoms with E-state index in [-0.39, 0.29) is 12.5 Å². The number of aliphatic hydroxyl groups excluding tert-OH is 1. The van der Waals surface area contributed by atoms with Gasteiger partial charge >= 0.3 is 0 Å². The molecule has 5 heteroatoms. The molecule has 0 aliphatic heterocycles. The molecule has 0 aliphatic rings. The van der Waals surface area contributed by atoms with Crippen molar-refractivity contribution in [1.29, 1.82) is 0 Å². The molecule has 0 saturated heterocycles. The number of amides is 1. The molecule has 2 N–H and O–H groups in total. The highest BCUT2D eigenvalue weighted by atomic mass is 16.2. The highest BCUT2D eigenvalue weighted by molar-refractivity contribution is 6.04. The predicted molar refractivity (Wildman–Crippen MR) is 71.6 cm³/mol. The lowest BCUT2D eigenvalue weighted by Gasteiger charge is -2.05. The minimum absolute atomic E-state index is 0.203. The van der Waals surface area contributed by atoms with Crippen molar-refractivity contribution in [1.82, 2.24) is 9.78 Å². The smallest absolute Gasteiger partial charge is 0.256 e. The number of carbonyl (C=O) groups excluding carboxylic acids is 1. The number of carbonyl (C=O) groups is 1. The summed E-state index contributed by atoms with van der Waals surface area (Å²) < 4.78 is 1.58. The molecule has 19 heavy (non-hydrogen) atoms. The van der Waals surface area contributed by atoms with Gasteiger partial charge in [0.1, 0.15) is 12.4 Å². The SMILES string of the molecule is Cn1nccc1NC(=O)c1cccc(C#CCO)c1. The van der Waals surface area contributed by atoms with E-state index < -0.39 is 0 Å². The predicted octanol–water partition coefficient (Wildman–Crippen LogP) is 1.02. The Bertz CT molecular complexity index is 650.